The molecule has 156 valence electrons. The summed E-state index contributed by atoms with van der Waals surface area (Å²) < 4.78 is 81.0. The summed E-state index contributed by atoms with van der Waals surface area (Å²) in [6.45, 7) is 0. The molecule has 3 rings (SSSR count). The van der Waals surface area contributed by atoms with Crippen molar-refractivity contribution in [1.29, 1.82) is 0 Å². The van der Waals surface area contributed by atoms with Crippen molar-refractivity contribution in [2.24, 2.45) is 0 Å². The summed E-state index contributed by atoms with van der Waals surface area (Å²) in [5.41, 5.74) is 1.64. The predicted molar refractivity (Wildman–Crippen MR) is 98.5 cm³/mol. The molecule has 0 bridgehead atoms. The van der Waals surface area contributed by atoms with Crippen LogP contribution in [0.1, 0.15) is 5.56 Å². The molecule has 0 saturated carbocycles. The highest BCUT2D eigenvalue weighted by Gasteiger charge is 2.44. The van der Waals surface area contributed by atoms with Crippen LogP contribution in [0.2, 0.25) is 0 Å². The minimum Gasteiger partial charge on any atom is -0.428 e. The Morgan fingerprint density at radius 2 is 1.93 bits per heavy atom. The van der Waals surface area contributed by atoms with Crippen LogP contribution in [0.5, 0.6) is 5.75 Å². The lowest BCUT2D eigenvalue weighted by atomic mass is 10.2. The summed E-state index contributed by atoms with van der Waals surface area (Å²) in [4.78, 5) is 8.57. The van der Waals surface area contributed by atoms with Crippen molar-refractivity contribution in [2.45, 2.75) is 23.4 Å². The van der Waals surface area contributed by atoms with Gasteiger partial charge in [0.2, 0.25) is 0 Å². The van der Waals surface area contributed by atoms with E-state index in [-0.39, 0.29) is 21.9 Å². The first-order valence-corrected chi connectivity index (χ1v) is 9.57. The molecule has 1 N–H and O–H groups in total. The Bertz CT molecular complexity index is 1060. The Kier molecular flexibility index (Phi) is 5.78. The zero-order valence-corrected chi connectivity index (χ0v) is 16.1. The van der Waals surface area contributed by atoms with Gasteiger partial charge in [-0.25, -0.2) is 9.37 Å². The lowest BCUT2D eigenvalue weighted by Crippen LogP contribution is -2.33. The molecule has 0 aliphatic heterocycles. The smallest absolute Gasteiger partial charge is 0.428 e. The second-order valence-electron chi connectivity index (χ2n) is 6.34. The molecule has 0 amide bonds. The van der Waals surface area contributed by atoms with E-state index in [0.29, 0.717) is 11.3 Å². The van der Waals surface area contributed by atoms with Gasteiger partial charge in [0.1, 0.15) is 11.6 Å². The van der Waals surface area contributed by atoms with E-state index >= 15 is 0 Å². The molecule has 0 spiro atoms. The number of rotatable bonds is 7. The maximum atomic E-state index is 13.6. The van der Waals surface area contributed by atoms with Gasteiger partial charge in [-0.3, -0.25) is 4.21 Å². The molecule has 11 heteroatoms. The van der Waals surface area contributed by atoms with E-state index in [1.165, 1.54) is 18.2 Å². The number of hydrogen-bond donors (Lipinski definition) is 1. The minimum atomic E-state index is -4.64. The highest BCUT2D eigenvalue weighted by Crippen LogP contribution is 2.30. The third-order valence-electron chi connectivity index (χ3n) is 3.97. The second kappa shape index (κ2) is 7.97. The number of benzene rings is 2. The Labute approximate surface area is 164 Å². The van der Waals surface area contributed by atoms with Crippen LogP contribution < -0.4 is 9.64 Å². The Balaban J connectivity index is 1.86. The Morgan fingerprint density at radius 1 is 1.21 bits per heavy atom. The minimum absolute atomic E-state index is 0.0340. The van der Waals surface area contributed by atoms with Gasteiger partial charge in [0.15, 0.2) is 5.16 Å². The summed E-state index contributed by atoms with van der Waals surface area (Å²) in [5, 5.41) is 0.0340. The number of imidazole rings is 1. The highest BCUT2D eigenvalue weighted by atomic mass is 32.2. The van der Waals surface area contributed by atoms with Gasteiger partial charge in [-0.05, 0) is 35.9 Å². The van der Waals surface area contributed by atoms with E-state index in [4.69, 9.17) is 0 Å². The van der Waals surface area contributed by atoms with Crippen molar-refractivity contribution in [1.82, 2.24) is 9.97 Å². The predicted octanol–water partition coefficient (Wildman–Crippen LogP) is 4.31. The zero-order chi connectivity index (χ0) is 21.3. The van der Waals surface area contributed by atoms with Crippen LogP contribution >= 0.6 is 0 Å². The summed E-state index contributed by atoms with van der Waals surface area (Å²) in [6, 6.07) is 7.52. The van der Waals surface area contributed by atoms with Crippen molar-refractivity contribution >= 4 is 27.5 Å². The summed E-state index contributed by atoms with van der Waals surface area (Å²) in [5.74, 6) is -1.02. The molecule has 1 unspecified atom stereocenters. The number of fused-ring (bicyclic) bond motifs is 1. The normalized spacial score (nSPS) is 13.1. The number of halogens is 5. The fourth-order valence-corrected chi connectivity index (χ4v) is 3.73. The molecular weight excluding hydrogens is 417 g/mol. The number of hydrogen-bond acceptors (Lipinski definition) is 4. The first kappa shape index (κ1) is 21.0. The summed E-state index contributed by atoms with van der Waals surface area (Å²) in [7, 11) is 1.82. The number of alkyl halides is 4. The third kappa shape index (κ3) is 4.66. The van der Waals surface area contributed by atoms with Gasteiger partial charge in [-0.1, -0.05) is 0 Å². The topological polar surface area (TPSA) is 58.2 Å². The number of nitrogens with one attached hydrogen (secondary N) is 1. The van der Waals surface area contributed by atoms with Gasteiger partial charge in [0.05, 0.1) is 27.6 Å². The van der Waals surface area contributed by atoms with Gasteiger partial charge in [-0.15, -0.1) is 0 Å². The molecule has 5 nitrogen and oxygen atoms in total. The SMILES string of the molecule is CN(C)c1ccc(F)cc1CS(=O)c1nc2ccc(OC(F)(F)C(F)F)cc2[nH]1. The molecule has 0 aliphatic rings. The zero-order valence-electron chi connectivity index (χ0n) is 15.3. The molecule has 3 aromatic rings. The molecule has 0 aliphatic carbocycles. The number of aromatic amines is 1. The van der Waals surface area contributed by atoms with Crippen LogP contribution in [-0.2, 0) is 16.6 Å². The van der Waals surface area contributed by atoms with Crippen LogP contribution in [0.4, 0.5) is 27.6 Å². The van der Waals surface area contributed by atoms with E-state index in [1.807, 2.05) is 0 Å². The first-order valence-electron chi connectivity index (χ1n) is 8.25. The molecule has 1 heterocycles. The maximum absolute atomic E-state index is 13.6. The fraction of sp³-hybridized carbons (Fsp3) is 0.278. The van der Waals surface area contributed by atoms with Crippen LogP contribution in [0, 0.1) is 5.82 Å². The van der Waals surface area contributed by atoms with Crippen LogP contribution in [0.3, 0.4) is 0 Å². The first-order chi connectivity index (χ1) is 13.6. The largest absolute Gasteiger partial charge is 0.461 e. The average Bonchev–Trinajstić information content (AvgIpc) is 3.04. The van der Waals surface area contributed by atoms with Gasteiger partial charge >= 0.3 is 12.5 Å². The van der Waals surface area contributed by atoms with E-state index in [2.05, 4.69) is 14.7 Å². The Morgan fingerprint density at radius 3 is 2.59 bits per heavy atom. The van der Waals surface area contributed by atoms with Gasteiger partial charge in [-0.2, -0.15) is 17.6 Å². The third-order valence-corrected chi connectivity index (χ3v) is 5.16. The summed E-state index contributed by atoms with van der Waals surface area (Å²) in [6.07, 6.45) is -8.63. The molecule has 1 aromatic heterocycles. The number of ether oxygens (including phenoxy) is 1. The van der Waals surface area contributed by atoms with E-state index < -0.39 is 34.9 Å². The number of anilines is 1. The lowest BCUT2D eigenvalue weighted by Gasteiger charge is -2.17. The van der Waals surface area contributed by atoms with Crippen LogP contribution in [-0.4, -0.2) is 40.8 Å². The standard InChI is InChI=1S/C18H16F5N3O2S/c1-26(2)15-6-3-11(19)7-10(15)9-29(27)17-24-13-5-4-12(8-14(13)25-17)28-18(22,23)16(20)21/h3-8,16H,9H2,1-2H3,(H,24,25). The lowest BCUT2D eigenvalue weighted by molar-refractivity contribution is -0.253. The molecule has 2 aromatic carbocycles. The van der Waals surface area contributed by atoms with Crippen LogP contribution in [0.15, 0.2) is 41.6 Å². The van der Waals surface area contributed by atoms with Crippen molar-refractivity contribution in [3.05, 3.63) is 47.8 Å². The highest BCUT2D eigenvalue weighted by molar-refractivity contribution is 7.84. The van der Waals surface area contributed by atoms with Crippen molar-refractivity contribution in [3.8, 4) is 5.75 Å². The average molecular weight is 433 g/mol. The summed E-state index contributed by atoms with van der Waals surface area (Å²) >= 11 is 0. The van der Waals surface area contributed by atoms with E-state index in [1.54, 1.807) is 25.1 Å². The van der Waals surface area contributed by atoms with Crippen molar-refractivity contribution in [2.75, 3.05) is 19.0 Å². The van der Waals surface area contributed by atoms with Crippen molar-refractivity contribution in [3.63, 3.8) is 0 Å². The second-order valence-corrected chi connectivity index (χ2v) is 7.71. The van der Waals surface area contributed by atoms with Gasteiger partial charge in [0, 0.05) is 25.8 Å². The quantitative estimate of drug-likeness (QED) is 0.564. The Hall–Kier alpha value is -2.69. The monoisotopic (exact) mass is 433 g/mol. The molecule has 29 heavy (non-hydrogen) atoms. The molecule has 0 radical (unpaired) electrons. The molecule has 0 fully saturated rings. The van der Waals surface area contributed by atoms with E-state index in [0.717, 1.165) is 12.1 Å². The van der Waals surface area contributed by atoms with Crippen molar-refractivity contribution < 1.29 is 30.9 Å². The number of aromatic nitrogens is 2. The number of H-pyrrole nitrogens is 1. The maximum Gasteiger partial charge on any atom is 0.461 e. The fourth-order valence-electron chi connectivity index (χ4n) is 2.65. The van der Waals surface area contributed by atoms with Crippen LogP contribution in [0.25, 0.3) is 11.0 Å². The molecular formula is C18H16F5N3O2S. The molecule has 0 saturated heterocycles. The number of nitrogens with zero attached hydrogens (tertiary/aromatic N) is 2. The van der Waals surface area contributed by atoms with Gasteiger partial charge in [0.25, 0.3) is 0 Å². The van der Waals surface area contributed by atoms with E-state index in [9.17, 15) is 26.2 Å². The molecule has 1 atom stereocenters. The van der Waals surface area contributed by atoms with Gasteiger partial charge < -0.3 is 14.6 Å².